The molecule has 2 aromatic carbocycles. The van der Waals surface area contributed by atoms with Crippen molar-refractivity contribution in [2.75, 3.05) is 16.0 Å². The van der Waals surface area contributed by atoms with Crippen LogP contribution in [0.25, 0.3) is 0 Å². The molecule has 7 heteroatoms. The Morgan fingerprint density at radius 2 is 1.52 bits per heavy atom. The minimum atomic E-state index is -0.111. The first-order valence-corrected chi connectivity index (χ1v) is 8.29. The number of aryl methyl sites for hydroxylation is 1. The topological polar surface area (TPSA) is 103 Å². The first-order chi connectivity index (χ1) is 13.0. The van der Waals surface area contributed by atoms with E-state index in [1.165, 1.54) is 6.92 Å². The molecule has 27 heavy (non-hydrogen) atoms. The highest BCUT2D eigenvalue weighted by Gasteiger charge is 2.04. The fourth-order valence-electron chi connectivity index (χ4n) is 2.43. The molecule has 3 aromatic rings. The zero-order chi connectivity index (χ0) is 19.2. The van der Waals surface area contributed by atoms with Crippen LogP contribution in [-0.4, -0.2) is 15.9 Å². The van der Waals surface area contributed by atoms with E-state index >= 15 is 0 Å². The summed E-state index contributed by atoms with van der Waals surface area (Å²) in [6, 6.07) is 18.3. The second-order valence-corrected chi connectivity index (χ2v) is 5.92. The van der Waals surface area contributed by atoms with Crippen molar-refractivity contribution in [3.05, 3.63) is 65.9 Å². The Hall–Kier alpha value is -3.92. The highest BCUT2D eigenvalue weighted by molar-refractivity contribution is 5.88. The normalized spacial score (nSPS) is 9.96. The van der Waals surface area contributed by atoms with Gasteiger partial charge in [0.05, 0.1) is 11.6 Å². The van der Waals surface area contributed by atoms with Crippen molar-refractivity contribution in [2.45, 2.75) is 13.8 Å². The molecule has 7 nitrogen and oxygen atoms in total. The summed E-state index contributed by atoms with van der Waals surface area (Å²) in [5.41, 5.74) is 3.76. The molecule has 0 aliphatic heterocycles. The van der Waals surface area contributed by atoms with Crippen LogP contribution in [0.3, 0.4) is 0 Å². The molecule has 0 bridgehead atoms. The lowest BCUT2D eigenvalue weighted by molar-refractivity contribution is -0.114. The predicted molar refractivity (Wildman–Crippen MR) is 105 cm³/mol. The third kappa shape index (κ3) is 5.03. The lowest BCUT2D eigenvalue weighted by Gasteiger charge is -2.11. The van der Waals surface area contributed by atoms with Crippen LogP contribution < -0.4 is 16.0 Å². The second kappa shape index (κ2) is 7.97. The van der Waals surface area contributed by atoms with Gasteiger partial charge < -0.3 is 16.0 Å². The molecule has 0 atom stereocenters. The number of nitrogens with one attached hydrogen (secondary N) is 3. The molecule has 3 rings (SSSR count). The number of aromatic nitrogens is 2. The van der Waals surface area contributed by atoms with Crippen LogP contribution in [0.1, 0.15) is 18.2 Å². The molecular formula is C20H18N6O. The first kappa shape index (κ1) is 17.9. The number of nitriles is 1. The smallest absolute Gasteiger partial charge is 0.229 e. The van der Waals surface area contributed by atoms with Crippen LogP contribution in [0.5, 0.6) is 0 Å². The molecule has 0 fully saturated rings. The highest BCUT2D eigenvalue weighted by atomic mass is 16.1. The van der Waals surface area contributed by atoms with Gasteiger partial charge in [0.2, 0.25) is 11.9 Å². The summed E-state index contributed by atoms with van der Waals surface area (Å²) in [6.07, 6.45) is 0. The summed E-state index contributed by atoms with van der Waals surface area (Å²) < 4.78 is 0. The van der Waals surface area contributed by atoms with Gasteiger partial charge in [0, 0.05) is 35.7 Å². The quantitative estimate of drug-likeness (QED) is 0.634. The van der Waals surface area contributed by atoms with Crippen LogP contribution in [0.15, 0.2) is 54.6 Å². The number of amides is 1. The van der Waals surface area contributed by atoms with E-state index in [2.05, 4.69) is 32.0 Å². The van der Waals surface area contributed by atoms with Gasteiger partial charge in [-0.1, -0.05) is 0 Å². The van der Waals surface area contributed by atoms with Crippen LogP contribution >= 0.6 is 0 Å². The van der Waals surface area contributed by atoms with E-state index in [9.17, 15) is 4.79 Å². The molecule has 0 spiro atoms. The average Bonchev–Trinajstić information content (AvgIpc) is 2.63. The van der Waals surface area contributed by atoms with Crippen molar-refractivity contribution < 1.29 is 4.79 Å². The third-order valence-corrected chi connectivity index (χ3v) is 3.60. The predicted octanol–water partition coefficient (Wildman–Crippen LogP) is 4.10. The van der Waals surface area contributed by atoms with E-state index in [0.29, 0.717) is 17.3 Å². The van der Waals surface area contributed by atoms with Gasteiger partial charge in [-0.25, -0.2) is 4.98 Å². The fraction of sp³-hybridized carbons (Fsp3) is 0.100. The molecule has 0 unspecified atom stereocenters. The van der Waals surface area contributed by atoms with Crippen molar-refractivity contribution >= 4 is 34.7 Å². The number of carbonyl (C=O) groups excluding carboxylic acids is 1. The zero-order valence-corrected chi connectivity index (χ0v) is 14.9. The van der Waals surface area contributed by atoms with E-state index in [-0.39, 0.29) is 5.91 Å². The van der Waals surface area contributed by atoms with Gasteiger partial charge in [0.15, 0.2) is 0 Å². The van der Waals surface area contributed by atoms with Crippen LogP contribution in [0.4, 0.5) is 28.8 Å². The van der Waals surface area contributed by atoms with E-state index in [0.717, 1.165) is 22.8 Å². The van der Waals surface area contributed by atoms with Crippen molar-refractivity contribution in [1.82, 2.24) is 9.97 Å². The summed E-state index contributed by atoms with van der Waals surface area (Å²) in [5.74, 6) is 0.989. The van der Waals surface area contributed by atoms with E-state index in [1.807, 2.05) is 37.3 Å². The Kier molecular flexibility index (Phi) is 5.28. The number of rotatable bonds is 5. The molecule has 134 valence electrons. The maximum absolute atomic E-state index is 11.1. The Labute approximate surface area is 157 Å². The molecular weight excluding hydrogens is 340 g/mol. The van der Waals surface area contributed by atoms with E-state index in [1.54, 1.807) is 24.3 Å². The average molecular weight is 358 g/mol. The van der Waals surface area contributed by atoms with Crippen molar-refractivity contribution in [2.24, 2.45) is 0 Å². The van der Waals surface area contributed by atoms with Crippen LogP contribution in [-0.2, 0) is 4.79 Å². The van der Waals surface area contributed by atoms with Gasteiger partial charge in [-0.15, -0.1) is 0 Å². The Morgan fingerprint density at radius 3 is 2.15 bits per heavy atom. The molecule has 1 amide bonds. The number of carbonyl (C=O) groups is 1. The van der Waals surface area contributed by atoms with Gasteiger partial charge >= 0.3 is 0 Å². The van der Waals surface area contributed by atoms with Crippen LogP contribution in [0.2, 0.25) is 0 Å². The second-order valence-electron chi connectivity index (χ2n) is 5.92. The number of nitrogens with zero attached hydrogens (tertiary/aromatic N) is 3. The van der Waals surface area contributed by atoms with Crippen molar-refractivity contribution in [3.63, 3.8) is 0 Å². The molecule has 0 saturated heterocycles. The molecule has 1 aromatic heterocycles. The summed E-state index contributed by atoms with van der Waals surface area (Å²) in [7, 11) is 0. The maximum atomic E-state index is 11.1. The van der Waals surface area contributed by atoms with Crippen molar-refractivity contribution in [3.8, 4) is 6.07 Å². The maximum Gasteiger partial charge on any atom is 0.229 e. The standard InChI is InChI=1S/C20H18N6O/c1-13-11-19(24-17-9-7-16(8-10-17)23-14(2)27)26-20(22-13)25-18-5-3-15(12-21)4-6-18/h3-11H,1-2H3,(H,23,27)(H2,22,24,25,26). The molecule has 0 radical (unpaired) electrons. The van der Waals surface area contributed by atoms with Gasteiger partial charge in [-0.2, -0.15) is 10.2 Å². The largest absolute Gasteiger partial charge is 0.340 e. The summed E-state index contributed by atoms with van der Waals surface area (Å²) in [4.78, 5) is 19.9. The highest BCUT2D eigenvalue weighted by Crippen LogP contribution is 2.21. The molecule has 0 saturated carbocycles. The minimum Gasteiger partial charge on any atom is -0.340 e. The SMILES string of the molecule is CC(=O)Nc1ccc(Nc2cc(C)nc(Nc3ccc(C#N)cc3)n2)cc1. The number of hydrogen-bond acceptors (Lipinski definition) is 6. The van der Waals surface area contributed by atoms with Gasteiger partial charge in [0.25, 0.3) is 0 Å². The summed E-state index contributed by atoms with van der Waals surface area (Å²) in [5, 5.41) is 18.0. The molecule has 0 aliphatic rings. The number of hydrogen-bond donors (Lipinski definition) is 3. The first-order valence-electron chi connectivity index (χ1n) is 8.29. The van der Waals surface area contributed by atoms with Gasteiger partial charge in [0.1, 0.15) is 5.82 Å². The fourth-order valence-corrected chi connectivity index (χ4v) is 2.43. The molecule has 3 N–H and O–H groups in total. The monoisotopic (exact) mass is 358 g/mol. The Bertz CT molecular complexity index is 990. The number of anilines is 5. The summed E-state index contributed by atoms with van der Waals surface area (Å²) in [6.45, 7) is 3.36. The van der Waals surface area contributed by atoms with E-state index < -0.39 is 0 Å². The minimum absolute atomic E-state index is 0.111. The Morgan fingerprint density at radius 1 is 0.926 bits per heavy atom. The Balaban J connectivity index is 1.74. The third-order valence-electron chi connectivity index (χ3n) is 3.60. The van der Waals surface area contributed by atoms with Crippen molar-refractivity contribution in [1.29, 1.82) is 5.26 Å². The summed E-state index contributed by atoms with van der Waals surface area (Å²) >= 11 is 0. The lowest BCUT2D eigenvalue weighted by atomic mass is 10.2. The van der Waals surface area contributed by atoms with E-state index in [4.69, 9.17) is 5.26 Å². The lowest BCUT2D eigenvalue weighted by Crippen LogP contribution is -2.05. The number of benzene rings is 2. The zero-order valence-electron chi connectivity index (χ0n) is 14.9. The molecule has 0 aliphatic carbocycles. The van der Waals surface area contributed by atoms with Crippen LogP contribution in [0, 0.1) is 18.3 Å². The van der Waals surface area contributed by atoms with Gasteiger partial charge in [-0.05, 0) is 55.5 Å². The molecule has 1 heterocycles. The van der Waals surface area contributed by atoms with Gasteiger partial charge in [-0.3, -0.25) is 4.79 Å².